The molecule has 1 aromatic rings. The van der Waals surface area contributed by atoms with Crippen LogP contribution >= 0.6 is 0 Å². The Labute approximate surface area is 118 Å². The van der Waals surface area contributed by atoms with Crippen LogP contribution in [0, 0.1) is 5.41 Å². The van der Waals surface area contributed by atoms with Crippen LogP contribution in [0.4, 0.5) is 4.79 Å². The van der Waals surface area contributed by atoms with E-state index in [9.17, 15) is 14.7 Å². The van der Waals surface area contributed by atoms with E-state index in [-0.39, 0.29) is 6.04 Å². The maximum absolute atomic E-state index is 12.0. The number of hydrogen-bond donors (Lipinski definition) is 4. The molecule has 0 spiro atoms. The predicted octanol–water partition coefficient (Wildman–Crippen LogP) is 1.66. The lowest BCUT2D eigenvalue weighted by molar-refractivity contribution is -0.150. The summed E-state index contributed by atoms with van der Waals surface area (Å²) >= 11 is 0. The van der Waals surface area contributed by atoms with Crippen molar-refractivity contribution in [3.63, 3.8) is 0 Å². The number of carbonyl (C=O) groups is 2. The van der Waals surface area contributed by atoms with Crippen LogP contribution in [0.25, 0.3) is 0 Å². The Morgan fingerprint density at radius 2 is 1.95 bits per heavy atom. The number of urea groups is 1. The van der Waals surface area contributed by atoms with Gasteiger partial charge in [-0.15, -0.1) is 0 Å². The van der Waals surface area contributed by atoms with Crippen molar-refractivity contribution in [1.29, 1.82) is 0 Å². The molecule has 4 N–H and O–H groups in total. The summed E-state index contributed by atoms with van der Waals surface area (Å²) in [7, 11) is 0. The first-order valence-corrected chi connectivity index (χ1v) is 6.39. The third kappa shape index (κ3) is 3.28. The van der Waals surface area contributed by atoms with Crippen LogP contribution in [-0.2, 0) is 4.79 Å². The van der Waals surface area contributed by atoms with Crippen LogP contribution in [-0.4, -0.2) is 32.6 Å². The van der Waals surface area contributed by atoms with E-state index in [0.717, 1.165) is 0 Å². The topological polar surface area (TPSA) is 107 Å². The fourth-order valence-electron chi connectivity index (χ4n) is 1.52. The van der Waals surface area contributed by atoms with Crippen molar-refractivity contribution in [3.05, 3.63) is 18.2 Å². The Balaban J connectivity index is 2.68. The SMILES string of the molecule is CC(NC(=O)NC(C)(C)C(C)(C)C(=O)O)c1ncc[nH]1. The summed E-state index contributed by atoms with van der Waals surface area (Å²) in [4.78, 5) is 30.2. The average molecular weight is 282 g/mol. The standard InChI is InChI=1S/C13H22N4O3/c1-8(9-14-6-7-15-9)16-11(20)17-13(4,5)12(2,3)10(18)19/h6-8H,1-5H3,(H,14,15)(H,18,19)(H2,16,17,20). The van der Waals surface area contributed by atoms with E-state index in [4.69, 9.17) is 0 Å². The zero-order valence-electron chi connectivity index (χ0n) is 12.4. The number of rotatable bonds is 5. The summed E-state index contributed by atoms with van der Waals surface area (Å²) in [6.45, 7) is 8.29. The van der Waals surface area contributed by atoms with Gasteiger partial charge in [-0.1, -0.05) is 0 Å². The van der Waals surface area contributed by atoms with Gasteiger partial charge in [0.15, 0.2) is 0 Å². The smallest absolute Gasteiger partial charge is 0.315 e. The monoisotopic (exact) mass is 282 g/mol. The molecule has 0 aliphatic rings. The molecule has 0 aliphatic carbocycles. The second-order valence-electron chi connectivity index (χ2n) is 5.85. The molecule has 0 fully saturated rings. The van der Waals surface area contributed by atoms with E-state index in [0.29, 0.717) is 5.82 Å². The van der Waals surface area contributed by atoms with Crippen molar-refractivity contribution in [2.75, 3.05) is 0 Å². The molecule has 0 bridgehead atoms. The lowest BCUT2D eigenvalue weighted by Crippen LogP contribution is -2.59. The van der Waals surface area contributed by atoms with E-state index in [1.807, 2.05) is 0 Å². The molecule has 0 saturated heterocycles. The number of imidazole rings is 1. The summed E-state index contributed by atoms with van der Waals surface area (Å²) in [6, 6.07) is -0.734. The first-order chi connectivity index (χ1) is 9.08. The van der Waals surface area contributed by atoms with Crippen LogP contribution in [0.2, 0.25) is 0 Å². The van der Waals surface area contributed by atoms with E-state index in [1.165, 1.54) is 0 Å². The number of carboxylic acid groups (broad SMARTS) is 1. The highest BCUT2D eigenvalue weighted by molar-refractivity contribution is 5.79. The van der Waals surface area contributed by atoms with Crippen molar-refractivity contribution in [3.8, 4) is 0 Å². The molecule has 1 rings (SSSR count). The van der Waals surface area contributed by atoms with Crippen molar-refractivity contribution in [1.82, 2.24) is 20.6 Å². The minimum absolute atomic E-state index is 0.297. The van der Waals surface area contributed by atoms with Gasteiger partial charge >= 0.3 is 12.0 Å². The summed E-state index contributed by atoms with van der Waals surface area (Å²) < 4.78 is 0. The summed E-state index contributed by atoms with van der Waals surface area (Å²) in [5.74, 6) is -0.336. The Morgan fingerprint density at radius 1 is 1.35 bits per heavy atom. The number of H-pyrrole nitrogens is 1. The molecule has 112 valence electrons. The highest BCUT2D eigenvalue weighted by atomic mass is 16.4. The van der Waals surface area contributed by atoms with E-state index in [1.54, 1.807) is 47.0 Å². The Morgan fingerprint density at radius 3 is 2.40 bits per heavy atom. The molecule has 2 amide bonds. The quantitative estimate of drug-likeness (QED) is 0.658. The molecule has 1 aromatic heterocycles. The zero-order chi connectivity index (χ0) is 15.6. The summed E-state index contributed by atoms with van der Waals surface area (Å²) in [5.41, 5.74) is -2.01. The third-order valence-electron chi connectivity index (χ3n) is 3.80. The van der Waals surface area contributed by atoms with Gasteiger partial charge < -0.3 is 20.7 Å². The van der Waals surface area contributed by atoms with E-state index >= 15 is 0 Å². The third-order valence-corrected chi connectivity index (χ3v) is 3.80. The molecular weight excluding hydrogens is 260 g/mol. The predicted molar refractivity (Wildman–Crippen MR) is 74.2 cm³/mol. The minimum Gasteiger partial charge on any atom is -0.481 e. The van der Waals surface area contributed by atoms with Gasteiger partial charge in [0.25, 0.3) is 0 Å². The highest BCUT2D eigenvalue weighted by Gasteiger charge is 2.44. The molecule has 0 aromatic carbocycles. The molecule has 0 aliphatic heterocycles. The number of aromatic nitrogens is 2. The van der Waals surface area contributed by atoms with Crippen LogP contribution in [0.3, 0.4) is 0 Å². The van der Waals surface area contributed by atoms with Crippen LogP contribution in [0.1, 0.15) is 46.5 Å². The summed E-state index contributed by atoms with van der Waals surface area (Å²) in [5, 5.41) is 14.6. The molecule has 1 unspecified atom stereocenters. The van der Waals surface area contributed by atoms with E-state index < -0.39 is 23.0 Å². The molecule has 0 radical (unpaired) electrons. The van der Waals surface area contributed by atoms with Crippen molar-refractivity contribution in [2.24, 2.45) is 5.41 Å². The van der Waals surface area contributed by atoms with Gasteiger partial charge in [-0.3, -0.25) is 4.79 Å². The molecular formula is C13H22N4O3. The van der Waals surface area contributed by atoms with E-state index in [2.05, 4.69) is 20.6 Å². The van der Waals surface area contributed by atoms with Gasteiger partial charge in [0.05, 0.1) is 17.0 Å². The number of nitrogens with one attached hydrogen (secondary N) is 3. The number of carbonyl (C=O) groups excluding carboxylic acids is 1. The van der Waals surface area contributed by atoms with Crippen LogP contribution in [0.15, 0.2) is 12.4 Å². The Kier molecular flexibility index (Phi) is 4.42. The molecule has 1 atom stereocenters. The molecule has 7 nitrogen and oxygen atoms in total. The Hall–Kier alpha value is -2.05. The lowest BCUT2D eigenvalue weighted by Gasteiger charge is -2.38. The van der Waals surface area contributed by atoms with Crippen molar-refractivity contribution >= 4 is 12.0 Å². The average Bonchev–Trinajstić information content (AvgIpc) is 2.80. The highest BCUT2D eigenvalue weighted by Crippen LogP contribution is 2.30. The second-order valence-corrected chi connectivity index (χ2v) is 5.85. The van der Waals surface area contributed by atoms with Crippen LogP contribution < -0.4 is 10.6 Å². The van der Waals surface area contributed by atoms with Gasteiger partial charge in [0.1, 0.15) is 5.82 Å². The number of amides is 2. The fraction of sp³-hybridized carbons (Fsp3) is 0.615. The van der Waals surface area contributed by atoms with Gasteiger partial charge in [-0.2, -0.15) is 0 Å². The fourth-order valence-corrected chi connectivity index (χ4v) is 1.52. The van der Waals surface area contributed by atoms with Crippen molar-refractivity contribution < 1.29 is 14.7 Å². The zero-order valence-corrected chi connectivity index (χ0v) is 12.4. The number of nitrogens with zero attached hydrogens (tertiary/aromatic N) is 1. The number of aromatic amines is 1. The molecule has 1 heterocycles. The maximum Gasteiger partial charge on any atom is 0.315 e. The number of hydrogen-bond acceptors (Lipinski definition) is 3. The van der Waals surface area contributed by atoms with Gasteiger partial charge in [0.2, 0.25) is 0 Å². The molecule has 7 heteroatoms. The van der Waals surface area contributed by atoms with Crippen LogP contribution in [0.5, 0.6) is 0 Å². The molecule has 20 heavy (non-hydrogen) atoms. The number of carboxylic acids is 1. The first-order valence-electron chi connectivity index (χ1n) is 6.39. The minimum atomic E-state index is -1.10. The molecule has 0 saturated carbocycles. The summed E-state index contributed by atoms with van der Waals surface area (Å²) in [6.07, 6.45) is 3.27. The van der Waals surface area contributed by atoms with Gasteiger partial charge in [0, 0.05) is 12.4 Å². The lowest BCUT2D eigenvalue weighted by atomic mass is 9.74. The first kappa shape index (κ1) is 16.0. The maximum atomic E-state index is 12.0. The second kappa shape index (κ2) is 5.52. The van der Waals surface area contributed by atoms with Gasteiger partial charge in [-0.05, 0) is 34.6 Å². The Bertz CT molecular complexity index is 480. The largest absolute Gasteiger partial charge is 0.481 e. The normalized spacial score (nSPS) is 13.7. The van der Waals surface area contributed by atoms with Gasteiger partial charge in [-0.25, -0.2) is 9.78 Å². The van der Waals surface area contributed by atoms with Crippen molar-refractivity contribution in [2.45, 2.75) is 46.2 Å². The number of aliphatic carboxylic acids is 1.